The molecule has 0 aliphatic heterocycles. The summed E-state index contributed by atoms with van der Waals surface area (Å²) in [4.78, 5) is 12.0. The van der Waals surface area contributed by atoms with Gasteiger partial charge in [-0.05, 0) is 24.3 Å². The van der Waals surface area contributed by atoms with Crippen LogP contribution in [-0.4, -0.2) is 25.9 Å². The topological polar surface area (TPSA) is 75.6 Å². The van der Waals surface area contributed by atoms with E-state index in [1.807, 2.05) is 18.2 Å². The van der Waals surface area contributed by atoms with Crippen molar-refractivity contribution in [2.75, 3.05) is 5.32 Å². The van der Waals surface area contributed by atoms with Gasteiger partial charge in [0.05, 0.1) is 11.7 Å². The van der Waals surface area contributed by atoms with Gasteiger partial charge in [-0.1, -0.05) is 0 Å². The van der Waals surface area contributed by atoms with Gasteiger partial charge in [-0.25, -0.2) is 0 Å². The number of aryl methyl sites for hydroxylation is 1. The predicted octanol–water partition coefficient (Wildman–Crippen LogP) is 1.55. The summed E-state index contributed by atoms with van der Waals surface area (Å²) in [7, 11) is 1.73. The first kappa shape index (κ1) is 10.5. The molecule has 0 radical (unpaired) electrons. The van der Waals surface area contributed by atoms with E-state index >= 15 is 0 Å². The molecule has 18 heavy (non-hydrogen) atoms. The molecule has 90 valence electrons. The Morgan fingerprint density at radius 3 is 3.06 bits per heavy atom. The average molecular weight is 241 g/mol. The normalized spacial score (nSPS) is 10.7. The van der Waals surface area contributed by atoms with E-state index in [1.165, 1.54) is 4.68 Å². The minimum atomic E-state index is -0.183. The third kappa shape index (κ3) is 1.73. The summed E-state index contributed by atoms with van der Waals surface area (Å²) in [6, 6.07) is 7.24. The molecule has 0 unspecified atom stereocenters. The second kappa shape index (κ2) is 3.99. The fraction of sp³-hybridized carbons (Fsp3) is 0.0833. The number of carbonyl (C=O) groups is 1. The molecular formula is C12H11N5O. The Morgan fingerprint density at radius 2 is 2.28 bits per heavy atom. The van der Waals surface area contributed by atoms with Gasteiger partial charge in [0.15, 0.2) is 0 Å². The van der Waals surface area contributed by atoms with Crippen molar-refractivity contribution in [1.82, 2.24) is 20.0 Å². The van der Waals surface area contributed by atoms with Crippen molar-refractivity contribution in [3.63, 3.8) is 0 Å². The van der Waals surface area contributed by atoms with Crippen LogP contribution in [0.15, 0.2) is 36.7 Å². The smallest absolute Gasteiger partial charge is 0.273 e. The summed E-state index contributed by atoms with van der Waals surface area (Å²) < 4.78 is 1.53. The van der Waals surface area contributed by atoms with E-state index in [4.69, 9.17) is 0 Å². The SMILES string of the molecule is Cn1nccc1C(=O)Nc1ccc2[nH]ncc2c1. The molecule has 3 aromatic rings. The van der Waals surface area contributed by atoms with Crippen LogP contribution in [0.1, 0.15) is 10.5 Å². The highest BCUT2D eigenvalue weighted by molar-refractivity contribution is 6.03. The Labute approximate surface area is 103 Å². The van der Waals surface area contributed by atoms with E-state index in [9.17, 15) is 4.79 Å². The van der Waals surface area contributed by atoms with Crippen molar-refractivity contribution >= 4 is 22.5 Å². The van der Waals surface area contributed by atoms with Gasteiger partial charge >= 0.3 is 0 Å². The molecule has 1 amide bonds. The van der Waals surface area contributed by atoms with E-state index in [-0.39, 0.29) is 5.91 Å². The maximum Gasteiger partial charge on any atom is 0.273 e. The summed E-state index contributed by atoms with van der Waals surface area (Å²) in [6.45, 7) is 0. The van der Waals surface area contributed by atoms with Gasteiger partial charge in [0, 0.05) is 24.3 Å². The molecule has 6 heteroatoms. The van der Waals surface area contributed by atoms with E-state index in [0.717, 1.165) is 16.6 Å². The van der Waals surface area contributed by atoms with Crippen LogP contribution in [0, 0.1) is 0 Å². The maximum atomic E-state index is 12.0. The van der Waals surface area contributed by atoms with Crippen molar-refractivity contribution in [1.29, 1.82) is 0 Å². The number of aromatic amines is 1. The molecule has 0 saturated heterocycles. The highest BCUT2D eigenvalue weighted by Crippen LogP contribution is 2.17. The van der Waals surface area contributed by atoms with Crippen molar-refractivity contribution in [3.05, 3.63) is 42.4 Å². The number of nitrogens with zero attached hydrogens (tertiary/aromatic N) is 3. The summed E-state index contributed by atoms with van der Waals surface area (Å²) >= 11 is 0. The number of carbonyl (C=O) groups excluding carboxylic acids is 1. The lowest BCUT2D eigenvalue weighted by Crippen LogP contribution is -2.15. The van der Waals surface area contributed by atoms with Crippen LogP contribution in [-0.2, 0) is 7.05 Å². The number of H-pyrrole nitrogens is 1. The second-order valence-electron chi connectivity index (χ2n) is 3.97. The van der Waals surface area contributed by atoms with Gasteiger partial charge in [-0.2, -0.15) is 10.2 Å². The molecule has 3 rings (SSSR count). The molecule has 0 aliphatic carbocycles. The molecule has 1 aromatic carbocycles. The monoisotopic (exact) mass is 241 g/mol. The largest absolute Gasteiger partial charge is 0.321 e. The third-order valence-electron chi connectivity index (χ3n) is 2.75. The quantitative estimate of drug-likeness (QED) is 0.714. The first-order valence-electron chi connectivity index (χ1n) is 5.46. The van der Waals surface area contributed by atoms with Crippen LogP contribution in [0.5, 0.6) is 0 Å². The van der Waals surface area contributed by atoms with Gasteiger partial charge < -0.3 is 5.32 Å². The van der Waals surface area contributed by atoms with Crippen molar-refractivity contribution < 1.29 is 4.79 Å². The number of anilines is 1. The van der Waals surface area contributed by atoms with Crippen molar-refractivity contribution in [3.8, 4) is 0 Å². The number of hydrogen-bond acceptors (Lipinski definition) is 3. The Bertz CT molecular complexity index is 712. The zero-order valence-electron chi connectivity index (χ0n) is 9.71. The predicted molar refractivity (Wildman–Crippen MR) is 67.3 cm³/mol. The summed E-state index contributed by atoms with van der Waals surface area (Å²) in [5.74, 6) is -0.183. The number of benzene rings is 1. The second-order valence-corrected chi connectivity index (χ2v) is 3.97. The first-order valence-corrected chi connectivity index (χ1v) is 5.46. The number of nitrogens with one attached hydrogen (secondary N) is 2. The number of hydrogen-bond donors (Lipinski definition) is 2. The number of amides is 1. The van der Waals surface area contributed by atoms with E-state index < -0.39 is 0 Å². The van der Waals surface area contributed by atoms with Crippen LogP contribution >= 0.6 is 0 Å². The standard InChI is InChI=1S/C12H11N5O/c1-17-11(4-5-14-17)12(18)15-9-2-3-10-8(6-9)7-13-16-10/h2-7H,1H3,(H,13,16)(H,15,18). The number of aromatic nitrogens is 4. The van der Waals surface area contributed by atoms with Gasteiger partial charge in [0.1, 0.15) is 5.69 Å². The fourth-order valence-corrected chi connectivity index (χ4v) is 1.81. The van der Waals surface area contributed by atoms with E-state index in [1.54, 1.807) is 25.5 Å². The van der Waals surface area contributed by atoms with Crippen molar-refractivity contribution in [2.24, 2.45) is 7.05 Å². The molecule has 2 heterocycles. The zero-order chi connectivity index (χ0) is 12.5. The van der Waals surface area contributed by atoms with Gasteiger partial charge in [0.2, 0.25) is 0 Å². The highest BCUT2D eigenvalue weighted by Gasteiger charge is 2.10. The Balaban J connectivity index is 1.88. The minimum Gasteiger partial charge on any atom is -0.321 e. The van der Waals surface area contributed by atoms with E-state index in [2.05, 4.69) is 20.6 Å². The summed E-state index contributed by atoms with van der Waals surface area (Å²) in [5, 5.41) is 14.5. The lowest BCUT2D eigenvalue weighted by atomic mass is 10.2. The Kier molecular flexibility index (Phi) is 2.33. The Hall–Kier alpha value is -2.63. The summed E-state index contributed by atoms with van der Waals surface area (Å²) in [6.07, 6.45) is 3.31. The Morgan fingerprint density at radius 1 is 1.39 bits per heavy atom. The fourth-order valence-electron chi connectivity index (χ4n) is 1.81. The molecule has 0 fully saturated rings. The number of fused-ring (bicyclic) bond motifs is 1. The van der Waals surface area contributed by atoms with Crippen LogP contribution in [0.2, 0.25) is 0 Å². The van der Waals surface area contributed by atoms with Crippen LogP contribution in [0.4, 0.5) is 5.69 Å². The van der Waals surface area contributed by atoms with Gasteiger partial charge in [-0.15, -0.1) is 0 Å². The van der Waals surface area contributed by atoms with E-state index in [0.29, 0.717) is 5.69 Å². The molecule has 0 spiro atoms. The third-order valence-corrected chi connectivity index (χ3v) is 2.75. The molecule has 6 nitrogen and oxygen atoms in total. The van der Waals surface area contributed by atoms with Gasteiger partial charge in [-0.3, -0.25) is 14.6 Å². The highest BCUT2D eigenvalue weighted by atomic mass is 16.2. The zero-order valence-corrected chi connectivity index (χ0v) is 9.71. The minimum absolute atomic E-state index is 0.183. The van der Waals surface area contributed by atoms with Crippen LogP contribution in [0.3, 0.4) is 0 Å². The molecule has 0 aliphatic rings. The lowest BCUT2D eigenvalue weighted by molar-refractivity contribution is 0.101. The maximum absolute atomic E-state index is 12.0. The molecule has 2 aromatic heterocycles. The van der Waals surface area contributed by atoms with Crippen LogP contribution < -0.4 is 5.32 Å². The summed E-state index contributed by atoms with van der Waals surface area (Å²) in [5.41, 5.74) is 2.19. The average Bonchev–Trinajstić information content (AvgIpc) is 2.96. The lowest BCUT2D eigenvalue weighted by Gasteiger charge is -2.05. The molecule has 0 saturated carbocycles. The molecule has 2 N–H and O–H groups in total. The van der Waals surface area contributed by atoms with Crippen LogP contribution in [0.25, 0.3) is 10.9 Å². The molecule has 0 bridgehead atoms. The van der Waals surface area contributed by atoms with Gasteiger partial charge in [0.25, 0.3) is 5.91 Å². The molecular weight excluding hydrogens is 230 g/mol. The first-order chi connectivity index (χ1) is 8.74. The number of rotatable bonds is 2. The molecule has 0 atom stereocenters. The van der Waals surface area contributed by atoms with Crippen molar-refractivity contribution in [2.45, 2.75) is 0 Å².